The monoisotopic (exact) mass is 568 g/mol. The number of nitrogens with zero attached hydrogens (tertiary/aromatic N) is 1. The maximum absolute atomic E-state index is 13.5. The molecule has 0 aliphatic heterocycles. The summed E-state index contributed by atoms with van der Waals surface area (Å²) in [4.78, 5) is 41.8. The van der Waals surface area contributed by atoms with Gasteiger partial charge < -0.3 is 15.5 Å². The van der Waals surface area contributed by atoms with Gasteiger partial charge in [-0.3, -0.25) is 14.4 Å². The highest BCUT2D eigenvalue weighted by Crippen LogP contribution is 2.16. The van der Waals surface area contributed by atoms with E-state index in [4.69, 9.17) is 0 Å². The van der Waals surface area contributed by atoms with Crippen LogP contribution in [0.25, 0.3) is 0 Å². The Morgan fingerprint density at radius 1 is 0.762 bits per heavy atom. The molecule has 6 nitrogen and oxygen atoms in total. The van der Waals surface area contributed by atoms with Crippen LogP contribution in [0.1, 0.15) is 85.6 Å². The number of amides is 3. The Balaban J connectivity index is 1.73. The van der Waals surface area contributed by atoms with Crippen LogP contribution >= 0.6 is 0 Å². The van der Waals surface area contributed by atoms with Crippen LogP contribution in [0, 0.1) is 12.3 Å². The molecule has 2 atom stereocenters. The van der Waals surface area contributed by atoms with Crippen molar-refractivity contribution in [3.8, 4) is 0 Å². The Kier molecular flexibility index (Phi) is 13.8. The van der Waals surface area contributed by atoms with E-state index in [1.165, 1.54) is 0 Å². The first kappa shape index (κ1) is 32.6. The second kappa shape index (κ2) is 17.8. The summed E-state index contributed by atoms with van der Waals surface area (Å²) in [5.41, 5.74) is 2.73. The summed E-state index contributed by atoms with van der Waals surface area (Å²) in [6.45, 7) is 7.59. The molecular formula is C36H46N3O3. The van der Waals surface area contributed by atoms with E-state index in [1.807, 2.05) is 78.9 Å². The number of carbonyl (C=O) groups is 3. The third-order valence-corrected chi connectivity index (χ3v) is 7.31. The van der Waals surface area contributed by atoms with Crippen molar-refractivity contribution in [3.05, 3.63) is 108 Å². The lowest BCUT2D eigenvalue weighted by atomic mass is 9.95. The molecular weight excluding hydrogens is 522 g/mol. The van der Waals surface area contributed by atoms with E-state index in [1.54, 1.807) is 24.3 Å². The number of hydrogen-bond donors (Lipinski definition) is 2. The number of benzene rings is 3. The number of para-hydroxylation sites is 1. The Morgan fingerprint density at radius 3 is 1.98 bits per heavy atom. The molecule has 42 heavy (non-hydrogen) atoms. The molecule has 0 fully saturated rings. The fourth-order valence-electron chi connectivity index (χ4n) is 4.90. The van der Waals surface area contributed by atoms with Crippen LogP contribution in [0.15, 0.2) is 84.9 Å². The molecule has 3 aromatic carbocycles. The molecule has 0 aliphatic carbocycles. The van der Waals surface area contributed by atoms with Gasteiger partial charge >= 0.3 is 0 Å². The fraction of sp³-hybridized carbons (Fsp3) is 0.389. The van der Waals surface area contributed by atoms with Gasteiger partial charge in [0.05, 0.1) is 0 Å². The van der Waals surface area contributed by atoms with Crippen molar-refractivity contribution < 1.29 is 14.4 Å². The predicted octanol–water partition coefficient (Wildman–Crippen LogP) is 7.33. The Labute approximate surface area is 251 Å². The van der Waals surface area contributed by atoms with Gasteiger partial charge in [0.1, 0.15) is 0 Å². The lowest BCUT2D eigenvalue weighted by molar-refractivity contribution is -0.118. The van der Waals surface area contributed by atoms with Crippen molar-refractivity contribution in [1.82, 2.24) is 10.2 Å². The van der Waals surface area contributed by atoms with Gasteiger partial charge in [-0.2, -0.15) is 0 Å². The van der Waals surface area contributed by atoms with Crippen molar-refractivity contribution in [3.63, 3.8) is 0 Å². The molecule has 0 spiro atoms. The highest BCUT2D eigenvalue weighted by Gasteiger charge is 2.23. The third kappa shape index (κ3) is 10.8. The first-order valence-corrected chi connectivity index (χ1v) is 15.4. The van der Waals surface area contributed by atoms with Crippen LogP contribution in [0.2, 0.25) is 0 Å². The standard InChI is InChI=1S/C36H46N3O3/c1-4-6-14-23-39(24-15-7-5-2)36(42)31-20-16-19-30(27-31)35(41)38-33(26-29-17-10-8-11-18-29)25-28(3)34(40)37-32-21-12-9-13-22-32/h8-13,16-22,25,27-28,33H,4-7,14-15,23-24,26H2,1-3H3,(H,37,40)(H,38,41)/t28?,33-/m1/s1. The maximum atomic E-state index is 13.5. The normalized spacial score (nSPS) is 12.3. The first-order chi connectivity index (χ1) is 20.4. The smallest absolute Gasteiger partial charge is 0.253 e. The molecule has 223 valence electrons. The molecule has 3 rings (SSSR count). The Bertz CT molecular complexity index is 1240. The summed E-state index contributed by atoms with van der Waals surface area (Å²) >= 11 is 0. The Morgan fingerprint density at radius 2 is 1.36 bits per heavy atom. The quantitative estimate of drug-likeness (QED) is 0.167. The van der Waals surface area contributed by atoms with Gasteiger partial charge in [-0.15, -0.1) is 0 Å². The van der Waals surface area contributed by atoms with Crippen molar-refractivity contribution in [2.24, 2.45) is 5.92 Å². The second-order valence-electron chi connectivity index (χ2n) is 10.9. The fourth-order valence-corrected chi connectivity index (χ4v) is 4.90. The zero-order chi connectivity index (χ0) is 30.2. The van der Waals surface area contributed by atoms with E-state index >= 15 is 0 Å². The first-order valence-electron chi connectivity index (χ1n) is 15.4. The lowest BCUT2D eigenvalue weighted by Gasteiger charge is -2.24. The van der Waals surface area contributed by atoms with Crippen LogP contribution in [-0.2, 0) is 11.2 Å². The molecule has 2 N–H and O–H groups in total. The topological polar surface area (TPSA) is 78.5 Å². The summed E-state index contributed by atoms with van der Waals surface area (Å²) in [5.74, 6) is -0.907. The second-order valence-corrected chi connectivity index (χ2v) is 10.9. The van der Waals surface area contributed by atoms with Crippen molar-refractivity contribution in [1.29, 1.82) is 0 Å². The Hall–Kier alpha value is -3.93. The number of hydrogen-bond acceptors (Lipinski definition) is 3. The summed E-state index contributed by atoms with van der Waals surface area (Å²) in [7, 11) is 0. The van der Waals surface area contributed by atoms with Crippen molar-refractivity contribution >= 4 is 23.4 Å². The van der Waals surface area contributed by atoms with Crippen LogP contribution < -0.4 is 10.6 Å². The van der Waals surface area contributed by atoms with Gasteiger partial charge in [0.2, 0.25) is 5.91 Å². The van der Waals surface area contributed by atoms with Crippen LogP contribution in [0.4, 0.5) is 5.69 Å². The van der Waals surface area contributed by atoms with Gasteiger partial charge in [0.15, 0.2) is 0 Å². The van der Waals surface area contributed by atoms with E-state index in [2.05, 4.69) is 24.5 Å². The van der Waals surface area contributed by atoms with Crippen molar-refractivity contribution in [2.45, 2.75) is 71.8 Å². The molecule has 3 amide bonds. The van der Waals surface area contributed by atoms with Crippen LogP contribution in [0.3, 0.4) is 0 Å². The number of rotatable bonds is 17. The van der Waals surface area contributed by atoms with Gasteiger partial charge in [0, 0.05) is 41.9 Å². The largest absolute Gasteiger partial charge is 0.349 e. The number of carbonyl (C=O) groups excluding carboxylic acids is 3. The molecule has 0 saturated heterocycles. The zero-order valence-corrected chi connectivity index (χ0v) is 25.4. The summed E-state index contributed by atoms with van der Waals surface area (Å²) < 4.78 is 0. The zero-order valence-electron chi connectivity index (χ0n) is 25.4. The molecule has 1 unspecified atom stereocenters. The summed E-state index contributed by atoms with van der Waals surface area (Å²) in [6.07, 6.45) is 8.73. The minimum absolute atomic E-state index is 0.0320. The van der Waals surface area contributed by atoms with Crippen LogP contribution in [-0.4, -0.2) is 41.8 Å². The molecule has 0 aliphatic rings. The summed E-state index contributed by atoms with van der Waals surface area (Å²) in [6, 6.07) is 25.8. The van der Waals surface area contributed by atoms with Crippen molar-refractivity contribution in [2.75, 3.05) is 18.4 Å². The van der Waals surface area contributed by atoms with E-state index in [-0.39, 0.29) is 17.7 Å². The molecule has 1 radical (unpaired) electrons. The molecule has 0 bridgehead atoms. The highest BCUT2D eigenvalue weighted by molar-refractivity contribution is 6.00. The molecule has 0 aromatic heterocycles. The highest BCUT2D eigenvalue weighted by atomic mass is 16.2. The third-order valence-electron chi connectivity index (χ3n) is 7.31. The minimum Gasteiger partial charge on any atom is -0.349 e. The van der Waals surface area contributed by atoms with Gasteiger partial charge in [-0.25, -0.2) is 0 Å². The molecule has 0 heterocycles. The predicted molar refractivity (Wildman–Crippen MR) is 171 cm³/mol. The van der Waals surface area contributed by atoms with E-state index < -0.39 is 12.0 Å². The van der Waals surface area contributed by atoms with Gasteiger partial charge in [0.25, 0.3) is 11.8 Å². The van der Waals surface area contributed by atoms with E-state index in [0.29, 0.717) is 17.5 Å². The molecule has 6 heteroatoms. The van der Waals surface area contributed by atoms with Crippen LogP contribution in [0.5, 0.6) is 0 Å². The number of anilines is 1. The average Bonchev–Trinajstić information content (AvgIpc) is 3.01. The van der Waals surface area contributed by atoms with Gasteiger partial charge in [-0.1, -0.05) is 101 Å². The number of nitrogens with one attached hydrogen (secondary N) is 2. The SMILES string of the molecule is CCCCCN(CCCCC)C(=O)c1cccc(C(=O)N[C@H]([CH]C(C)C(=O)Nc2ccccc2)Cc2ccccc2)c1. The van der Waals surface area contributed by atoms with Gasteiger partial charge in [-0.05, 0) is 61.6 Å². The summed E-state index contributed by atoms with van der Waals surface area (Å²) in [5, 5.41) is 6.05. The van der Waals surface area contributed by atoms with E-state index in [9.17, 15) is 14.4 Å². The average molecular weight is 569 g/mol. The maximum Gasteiger partial charge on any atom is 0.253 e. The minimum atomic E-state index is -0.452. The molecule has 0 saturated carbocycles. The number of unbranched alkanes of at least 4 members (excludes halogenated alkanes) is 4. The molecule has 3 aromatic rings. The van der Waals surface area contributed by atoms with E-state index in [0.717, 1.165) is 62.9 Å². The lowest BCUT2D eigenvalue weighted by Crippen LogP contribution is -2.40.